The third kappa shape index (κ3) is 3.86. The zero-order chi connectivity index (χ0) is 12.6. The van der Waals surface area contributed by atoms with Crippen LogP contribution in [0.2, 0.25) is 0 Å². The molecule has 2 rings (SSSR count). The Labute approximate surface area is 105 Å². The molecular weight excluding hydrogens is 228 g/mol. The van der Waals surface area contributed by atoms with Crippen LogP contribution in [0.25, 0.3) is 0 Å². The first-order chi connectivity index (χ1) is 8.84. The zero-order valence-corrected chi connectivity index (χ0v) is 9.84. The average molecular weight is 242 g/mol. The van der Waals surface area contributed by atoms with Crippen molar-refractivity contribution in [2.45, 2.75) is 6.54 Å². The molecule has 0 saturated carbocycles. The van der Waals surface area contributed by atoms with Gasteiger partial charge in [-0.3, -0.25) is 4.79 Å². The molecule has 2 N–H and O–H groups in total. The van der Waals surface area contributed by atoms with Crippen LogP contribution in [0.1, 0.15) is 5.56 Å². The first-order valence-corrected chi connectivity index (χ1v) is 5.66. The summed E-state index contributed by atoms with van der Waals surface area (Å²) in [5.74, 6) is 0.360. The highest BCUT2D eigenvalue weighted by Gasteiger charge is 2.01. The molecule has 18 heavy (non-hydrogen) atoms. The van der Waals surface area contributed by atoms with Gasteiger partial charge in [-0.25, -0.2) is 9.97 Å². The first-order valence-electron chi connectivity index (χ1n) is 5.66. The summed E-state index contributed by atoms with van der Waals surface area (Å²) in [6, 6.07) is 11.5. The minimum Gasteiger partial charge on any atom is -0.350 e. The first kappa shape index (κ1) is 12.0. The van der Waals surface area contributed by atoms with Crippen LogP contribution in [-0.2, 0) is 11.3 Å². The number of hydrogen-bond donors (Lipinski definition) is 2. The van der Waals surface area contributed by atoms with Crippen molar-refractivity contribution >= 4 is 11.9 Å². The molecule has 5 heteroatoms. The van der Waals surface area contributed by atoms with Gasteiger partial charge < -0.3 is 10.6 Å². The van der Waals surface area contributed by atoms with E-state index in [9.17, 15) is 4.79 Å². The maximum atomic E-state index is 11.6. The molecule has 92 valence electrons. The summed E-state index contributed by atoms with van der Waals surface area (Å²) in [5.41, 5.74) is 1.07. The van der Waals surface area contributed by atoms with E-state index in [4.69, 9.17) is 0 Å². The van der Waals surface area contributed by atoms with E-state index in [1.807, 2.05) is 30.3 Å². The minimum atomic E-state index is -0.0914. The summed E-state index contributed by atoms with van der Waals surface area (Å²) in [6.07, 6.45) is 3.24. The number of carbonyl (C=O) groups is 1. The Morgan fingerprint density at radius 1 is 1.06 bits per heavy atom. The highest BCUT2D eigenvalue weighted by Crippen LogP contribution is 1.97. The van der Waals surface area contributed by atoms with Crippen LogP contribution in [0.15, 0.2) is 48.8 Å². The molecular formula is C13H14N4O. The summed E-state index contributed by atoms with van der Waals surface area (Å²) in [5, 5.41) is 5.66. The summed E-state index contributed by atoms with van der Waals surface area (Å²) in [7, 11) is 0. The SMILES string of the molecule is O=C(CNc1ncccn1)NCc1ccccc1. The fraction of sp³-hybridized carbons (Fsp3) is 0.154. The van der Waals surface area contributed by atoms with Gasteiger partial charge in [0.15, 0.2) is 0 Å². The number of benzene rings is 1. The van der Waals surface area contributed by atoms with Gasteiger partial charge in [-0.2, -0.15) is 0 Å². The number of carbonyl (C=O) groups excluding carboxylic acids is 1. The molecule has 2 aromatic rings. The van der Waals surface area contributed by atoms with Crippen molar-refractivity contribution in [3.8, 4) is 0 Å². The molecule has 0 atom stereocenters. The number of nitrogens with one attached hydrogen (secondary N) is 2. The fourth-order valence-corrected chi connectivity index (χ4v) is 1.41. The van der Waals surface area contributed by atoms with Crippen molar-refractivity contribution in [2.24, 2.45) is 0 Å². The summed E-state index contributed by atoms with van der Waals surface area (Å²) < 4.78 is 0. The maximum Gasteiger partial charge on any atom is 0.239 e. The number of amides is 1. The predicted octanol–water partition coefficient (Wildman–Crippen LogP) is 1.20. The molecule has 0 aliphatic rings. The Balaban J connectivity index is 1.73. The van der Waals surface area contributed by atoms with Crippen LogP contribution in [0, 0.1) is 0 Å². The normalized spacial score (nSPS) is 9.78. The van der Waals surface area contributed by atoms with Crippen LogP contribution in [0.5, 0.6) is 0 Å². The second-order valence-electron chi connectivity index (χ2n) is 3.69. The van der Waals surface area contributed by atoms with Gasteiger partial charge in [0, 0.05) is 18.9 Å². The molecule has 1 heterocycles. The molecule has 1 aromatic carbocycles. The standard InChI is InChI=1S/C13H14N4O/c18-12(10-17-13-14-7-4-8-15-13)16-9-11-5-2-1-3-6-11/h1-8H,9-10H2,(H,16,18)(H,14,15,17). The number of rotatable bonds is 5. The molecule has 0 bridgehead atoms. The van der Waals surface area contributed by atoms with Crippen LogP contribution >= 0.6 is 0 Å². The van der Waals surface area contributed by atoms with E-state index in [0.717, 1.165) is 5.56 Å². The van der Waals surface area contributed by atoms with Gasteiger partial charge in [-0.1, -0.05) is 30.3 Å². The molecule has 1 aromatic heterocycles. The lowest BCUT2D eigenvalue weighted by Gasteiger charge is -2.06. The van der Waals surface area contributed by atoms with E-state index in [2.05, 4.69) is 20.6 Å². The summed E-state index contributed by atoms with van der Waals surface area (Å²) >= 11 is 0. The molecule has 0 spiro atoms. The largest absolute Gasteiger partial charge is 0.350 e. The fourth-order valence-electron chi connectivity index (χ4n) is 1.41. The van der Waals surface area contributed by atoms with E-state index in [-0.39, 0.29) is 12.5 Å². The van der Waals surface area contributed by atoms with Crippen molar-refractivity contribution < 1.29 is 4.79 Å². The van der Waals surface area contributed by atoms with Crippen LogP contribution in [0.3, 0.4) is 0 Å². The van der Waals surface area contributed by atoms with Crippen LogP contribution in [-0.4, -0.2) is 22.4 Å². The molecule has 0 aliphatic carbocycles. The van der Waals surface area contributed by atoms with E-state index in [0.29, 0.717) is 12.5 Å². The van der Waals surface area contributed by atoms with E-state index < -0.39 is 0 Å². The Morgan fingerprint density at radius 3 is 2.50 bits per heavy atom. The Morgan fingerprint density at radius 2 is 1.78 bits per heavy atom. The average Bonchev–Trinajstić information content (AvgIpc) is 2.45. The number of aromatic nitrogens is 2. The van der Waals surface area contributed by atoms with E-state index in [1.165, 1.54) is 0 Å². The van der Waals surface area contributed by atoms with Crippen molar-refractivity contribution in [1.82, 2.24) is 15.3 Å². The molecule has 0 fully saturated rings. The number of anilines is 1. The second kappa shape index (κ2) is 6.34. The lowest BCUT2D eigenvalue weighted by Crippen LogP contribution is -2.29. The predicted molar refractivity (Wildman–Crippen MR) is 68.8 cm³/mol. The third-order valence-corrected chi connectivity index (χ3v) is 2.31. The summed E-state index contributed by atoms with van der Waals surface area (Å²) in [6.45, 7) is 0.688. The van der Waals surface area contributed by atoms with Crippen LogP contribution < -0.4 is 10.6 Å². The van der Waals surface area contributed by atoms with Gasteiger partial charge in [0.2, 0.25) is 11.9 Å². The third-order valence-electron chi connectivity index (χ3n) is 2.31. The molecule has 0 radical (unpaired) electrons. The van der Waals surface area contributed by atoms with Gasteiger partial charge in [0.25, 0.3) is 0 Å². The lowest BCUT2D eigenvalue weighted by molar-refractivity contribution is -0.119. The molecule has 0 aliphatic heterocycles. The Hall–Kier alpha value is -2.43. The number of hydrogen-bond acceptors (Lipinski definition) is 4. The van der Waals surface area contributed by atoms with Gasteiger partial charge in [-0.15, -0.1) is 0 Å². The van der Waals surface area contributed by atoms with E-state index >= 15 is 0 Å². The lowest BCUT2D eigenvalue weighted by atomic mass is 10.2. The van der Waals surface area contributed by atoms with Crippen molar-refractivity contribution in [3.63, 3.8) is 0 Å². The maximum absolute atomic E-state index is 11.6. The Bertz CT molecular complexity index is 441. The highest BCUT2D eigenvalue weighted by atomic mass is 16.1. The molecule has 5 nitrogen and oxygen atoms in total. The summed E-state index contributed by atoms with van der Waals surface area (Å²) in [4.78, 5) is 19.5. The zero-order valence-electron chi connectivity index (χ0n) is 9.84. The molecule has 0 unspecified atom stereocenters. The van der Waals surface area contributed by atoms with Crippen molar-refractivity contribution in [3.05, 3.63) is 54.4 Å². The van der Waals surface area contributed by atoms with Gasteiger partial charge in [0.05, 0.1) is 6.54 Å². The van der Waals surface area contributed by atoms with Crippen molar-refractivity contribution in [2.75, 3.05) is 11.9 Å². The van der Waals surface area contributed by atoms with Crippen LogP contribution in [0.4, 0.5) is 5.95 Å². The highest BCUT2D eigenvalue weighted by molar-refractivity contribution is 5.80. The van der Waals surface area contributed by atoms with Gasteiger partial charge in [-0.05, 0) is 11.6 Å². The van der Waals surface area contributed by atoms with Crippen molar-refractivity contribution in [1.29, 1.82) is 0 Å². The minimum absolute atomic E-state index is 0.0914. The quantitative estimate of drug-likeness (QED) is 0.827. The Kier molecular flexibility index (Phi) is 4.24. The number of nitrogens with zero attached hydrogens (tertiary/aromatic N) is 2. The second-order valence-corrected chi connectivity index (χ2v) is 3.69. The van der Waals surface area contributed by atoms with E-state index in [1.54, 1.807) is 18.5 Å². The van der Waals surface area contributed by atoms with Gasteiger partial charge >= 0.3 is 0 Å². The monoisotopic (exact) mass is 242 g/mol. The van der Waals surface area contributed by atoms with Gasteiger partial charge in [0.1, 0.15) is 0 Å². The molecule has 1 amide bonds. The topological polar surface area (TPSA) is 66.9 Å². The molecule has 0 saturated heterocycles. The smallest absolute Gasteiger partial charge is 0.239 e.